The highest BCUT2D eigenvalue weighted by Crippen LogP contribution is 2.07. The number of nitrogens with one attached hydrogen (secondary N) is 1. The molecule has 106 valence electrons. The SMILES string of the molecule is COC(=O)NS(=O)(=O)N(CCCC(=O)O)C(C)C. The summed E-state index contributed by atoms with van der Waals surface area (Å²) in [7, 11) is -2.96. The standard InChI is InChI=1S/C9H18N2O6S/c1-7(2)11(6-4-5-8(12)13)18(15,16)10-9(14)17-3/h7H,4-6H2,1-3H3,(H,10,14)(H,12,13). The summed E-state index contributed by atoms with van der Waals surface area (Å²) in [6.45, 7) is 3.25. The molecule has 0 atom stereocenters. The van der Waals surface area contributed by atoms with Crippen LogP contribution in [-0.4, -0.2) is 49.6 Å². The summed E-state index contributed by atoms with van der Waals surface area (Å²) in [6.07, 6.45) is -1.06. The number of aliphatic carboxylic acids is 1. The van der Waals surface area contributed by atoms with E-state index in [1.165, 1.54) is 0 Å². The maximum Gasteiger partial charge on any atom is 0.421 e. The second-order valence-electron chi connectivity index (χ2n) is 3.80. The molecular weight excluding hydrogens is 264 g/mol. The van der Waals surface area contributed by atoms with Crippen molar-refractivity contribution < 1.29 is 27.9 Å². The van der Waals surface area contributed by atoms with Crippen LogP contribution in [0.2, 0.25) is 0 Å². The third-order valence-corrected chi connectivity index (χ3v) is 3.70. The number of hydrogen-bond donors (Lipinski definition) is 2. The van der Waals surface area contributed by atoms with Gasteiger partial charge in [-0.05, 0) is 20.3 Å². The molecular formula is C9H18N2O6S. The molecule has 0 aliphatic heterocycles. The summed E-state index contributed by atoms with van der Waals surface area (Å²) in [6, 6.07) is -0.402. The maximum absolute atomic E-state index is 11.8. The van der Waals surface area contributed by atoms with Gasteiger partial charge in [-0.1, -0.05) is 0 Å². The monoisotopic (exact) mass is 282 g/mol. The molecule has 0 saturated carbocycles. The zero-order chi connectivity index (χ0) is 14.3. The average molecular weight is 282 g/mol. The molecule has 0 radical (unpaired) electrons. The van der Waals surface area contributed by atoms with E-state index in [0.29, 0.717) is 0 Å². The second-order valence-corrected chi connectivity index (χ2v) is 5.42. The molecule has 1 amide bonds. The Labute approximate surface area is 106 Å². The molecule has 0 saturated heterocycles. The Bertz CT molecular complexity index is 392. The molecule has 0 aromatic rings. The van der Waals surface area contributed by atoms with Gasteiger partial charge in [-0.25, -0.2) is 9.52 Å². The van der Waals surface area contributed by atoms with Crippen LogP contribution in [0.5, 0.6) is 0 Å². The van der Waals surface area contributed by atoms with Gasteiger partial charge in [0, 0.05) is 19.0 Å². The molecule has 0 fully saturated rings. The van der Waals surface area contributed by atoms with Gasteiger partial charge >= 0.3 is 22.3 Å². The summed E-state index contributed by atoms with van der Waals surface area (Å²) in [5.74, 6) is -1.00. The van der Waals surface area contributed by atoms with Gasteiger partial charge in [-0.3, -0.25) is 4.79 Å². The van der Waals surface area contributed by atoms with Gasteiger partial charge in [0.1, 0.15) is 0 Å². The van der Waals surface area contributed by atoms with Crippen LogP contribution in [0, 0.1) is 0 Å². The van der Waals surface area contributed by atoms with E-state index in [9.17, 15) is 18.0 Å². The van der Waals surface area contributed by atoms with Gasteiger partial charge in [0.15, 0.2) is 0 Å². The first-order valence-corrected chi connectivity index (χ1v) is 6.74. The fourth-order valence-corrected chi connectivity index (χ4v) is 2.58. The Balaban J connectivity index is 4.67. The van der Waals surface area contributed by atoms with Crippen molar-refractivity contribution in [3.63, 3.8) is 0 Å². The quantitative estimate of drug-likeness (QED) is 0.687. The van der Waals surface area contributed by atoms with E-state index in [1.807, 2.05) is 0 Å². The highest BCUT2D eigenvalue weighted by atomic mass is 32.2. The summed E-state index contributed by atoms with van der Waals surface area (Å²) in [5, 5.41) is 8.49. The zero-order valence-electron chi connectivity index (χ0n) is 10.5. The highest BCUT2D eigenvalue weighted by Gasteiger charge is 2.26. The summed E-state index contributed by atoms with van der Waals surface area (Å²) in [5.41, 5.74) is 0. The van der Waals surface area contributed by atoms with Crippen molar-refractivity contribution in [3.05, 3.63) is 0 Å². The summed E-state index contributed by atoms with van der Waals surface area (Å²) < 4.78 is 30.5. The minimum Gasteiger partial charge on any atom is -0.481 e. The molecule has 8 nitrogen and oxygen atoms in total. The molecule has 0 spiro atoms. The van der Waals surface area contributed by atoms with Crippen LogP contribution >= 0.6 is 0 Å². The van der Waals surface area contributed by atoms with Gasteiger partial charge in [-0.15, -0.1) is 0 Å². The Kier molecular flexibility index (Phi) is 6.63. The minimum absolute atomic E-state index is 0.0102. The summed E-state index contributed by atoms with van der Waals surface area (Å²) in [4.78, 5) is 21.3. The van der Waals surface area contributed by atoms with Gasteiger partial charge in [-0.2, -0.15) is 12.7 Å². The molecule has 2 N–H and O–H groups in total. The predicted octanol–water partition coefficient (Wildman–Crippen LogP) is 0.162. The third-order valence-electron chi connectivity index (χ3n) is 2.05. The molecule has 0 bridgehead atoms. The van der Waals surface area contributed by atoms with Gasteiger partial charge in [0.05, 0.1) is 7.11 Å². The van der Waals surface area contributed by atoms with Gasteiger partial charge < -0.3 is 9.84 Å². The van der Waals surface area contributed by atoms with Crippen molar-refractivity contribution in [2.75, 3.05) is 13.7 Å². The van der Waals surface area contributed by atoms with E-state index in [1.54, 1.807) is 18.6 Å². The fraction of sp³-hybridized carbons (Fsp3) is 0.778. The maximum atomic E-state index is 11.8. The number of ether oxygens (including phenoxy) is 1. The first-order valence-electron chi connectivity index (χ1n) is 5.30. The Morgan fingerprint density at radius 3 is 2.33 bits per heavy atom. The van der Waals surface area contributed by atoms with E-state index < -0.39 is 28.3 Å². The average Bonchev–Trinajstić information content (AvgIpc) is 2.22. The van der Waals surface area contributed by atoms with E-state index in [4.69, 9.17) is 5.11 Å². The largest absolute Gasteiger partial charge is 0.481 e. The van der Waals surface area contributed by atoms with Crippen molar-refractivity contribution in [1.82, 2.24) is 9.03 Å². The van der Waals surface area contributed by atoms with Crippen molar-refractivity contribution in [2.45, 2.75) is 32.7 Å². The van der Waals surface area contributed by atoms with E-state index in [-0.39, 0.29) is 19.4 Å². The normalized spacial score (nSPS) is 11.6. The molecule has 18 heavy (non-hydrogen) atoms. The number of carboxylic acid groups (broad SMARTS) is 1. The number of amides is 1. The van der Waals surface area contributed by atoms with E-state index >= 15 is 0 Å². The fourth-order valence-electron chi connectivity index (χ4n) is 1.25. The van der Waals surface area contributed by atoms with Crippen LogP contribution in [-0.2, 0) is 19.7 Å². The highest BCUT2D eigenvalue weighted by molar-refractivity contribution is 7.87. The molecule has 0 aliphatic carbocycles. The van der Waals surface area contributed by atoms with Crippen LogP contribution < -0.4 is 4.72 Å². The lowest BCUT2D eigenvalue weighted by atomic mass is 10.3. The zero-order valence-corrected chi connectivity index (χ0v) is 11.4. The molecule has 0 aromatic carbocycles. The lowest BCUT2D eigenvalue weighted by molar-refractivity contribution is -0.137. The Morgan fingerprint density at radius 1 is 1.39 bits per heavy atom. The lowest BCUT2D eigenvalue weighted by Gasteiger charge is -2.25. The molecule has 0 heterocycles. The van der Waals surface area contributed by atoms with Crippen molar-refractivity contribution in [1.29, 1.82) is 0 Å². The van der Waals surface area contributed by atoms with Crippen LogP contribution in [0.25, 0.3) is 0 Å². The number of methoxy groups -OCH3 is 1. The smallest absolute Gasteiger partial charge is 0.421 e. The van der Waals surface area contributed by atoms with Crippen LogP contribution in [0.3, 0.4) is 0 Å². The minimum atomic E-state index is -4.02. The third kappa shape index (κ3) is 5.82. The Morgan fingerprint density at radius 2 is 1.94 bits per heavy atom. The molecule has 0 unspecified atom stereocenters. The first kappa shape index (κ1) is 16.6. The number of carboxylic acids is 1. The van der Waals surface area contributed by atoms with E-state index in [0.717, 1.165) is 11.4 Å². The number of carbonyl (C=O) groups excluding carboxylic acids is 1. The van der Waals surface area contributed by atoms with Gasteiger partial charge in [0.25, 0.3) is 0 Å². The molecule has 0 aromatic heterocycles. The molecule has 0 aliphatic rings. The van der Waals surface area contributed by atoms with Crippen molar-refractivity contribution in [2.24, 2.45) is 0 Å². The van der Waals surface area contributed by atoms with Gasteiger partial charge in [0.2, 0.25) is 0 Å². The predicted molar refractivity (Wildman–Crippen MR) is 63.2 cm³/mol. The van der Waals surface area contributed by atoms with Crippen molar-refractivity contribution in [3.8, 4) is 0 Å². The number of nitrogens with zero attached hydrogens (tertiary/aromatic N) is 1. The Hall–Kier alpha value is -1.35. The second kappa shape index (κ2) is 7.17. The number of carbonyl (C=O) groups is 2. The van der Waals surface area contributed by atoms with Crippen LogP contribution in [0.1, 0.15) is 26.7 Å². The van der Waals surface area contributed by atoms with Crippen LogP contribution in [0.15, 0.2) is 0 Å². The first-order chi connectivity index (χ1) is 8.20. The topological polar surface area (TPSA) is 113 Å². The molecule has 0 rings (SSSR count). The molecule has 9 heteroatoms. The van der Waals surface area contributed by atoms with Crippen molar-refractivity contribution >= 4 is 22.3 Å². The summed E-state index contributed by atoms with van der Waals surface area (Å²) >= 11 is 0. The lowest BCUT2D eigenvalue weighted by Crippen LogP contribution is -2.47. The number of rotatable bonds is 7. The van der Waals surface area contributed by atoms with E-state index in [2.05, 4.69) is 4.74 Å². The van der Waals surface area contributed by atoms with Crippen LogP contribution in [0.4, 0.5) is 4.79 Å². The number of hydrogen-bond acceptors (Lipinski definition) is 5.